The Hall–Kier alpha value is -4.93. The van der Waals surface area contributed by atoms with Crippen LogP contribution in [-0.2, 0) is 6.18 Å². The number of hydrogen-bond donors (Lipinski definition) is 1. The Balaban J connectivity index is 1.13. The fourth-order valence-corrected chi connectivity index (χ4v) is 11.4. The summed E-state index contributed by atoms with van der Waals surface area (Å²) in [7, 11) is 0. The number of rotatable bonds is 6. The highest BCUT2D eigenvalue weighted by atomic mass is 35.5. The van der Waals surface area contributed by atoms with Crippen LogP contribution in [0.4, 0.5) is 42.0 Å². The van der Waals surface area contributed by atoms with Gasteiger partial charge >= 0.3 is 18.2 Å². The molecular weight excluding hydrogens is 822 g/mol. The smallest absolute Gasteiger partial charge is 0.453 e. The Bertz CT molecular complexity index is 2580. The van der Waals surface area contributed by atoms with Crippen molar-refractivity contribution in [2.75, 3.05) is 50.0 Å². The molecule has 0 saturated carbocycles. The third-order valence-electron chi connectivity index (χ3n) is 12.4. The molecule has 2 N–H and O–H groups in total. The summed E-state index contributed by atoms with van der Waals surface area (Å²) in [4.78, 5) is 31.8. The Morgan fingerprint density at radius 1 is 1.17 bits per heavy atom. The van der Waals surface area contributed by atoms with Crippen molar-refractivity contribution in [3.63, 3.8) is 0 Å². The van der Waals surface area contributed by atoms with Crippen molar-refractivity contribution in [2.24, 2.45) is 11.3 Å². The van der Waals surface area contributed by atoms with E-state index in [0.717, 1.165) is 36.7 Å². The number of carbonyl (C=O) groups is 1. The number of fused-ring (bicyclic) bond motifs is 3. The zero-order valence-electron chi connectivity index (χ0n) is 31.8. The standard InChI is InChI=1S/C39H37ClF6N10O2S/c1-19(2)31-37(16-55(31)36(57)56-18-49-34(52-56)39(44,45)46)7-3-9-53(15-37)33-22-11-24(40)27(21-5-6-25(42)30-26(21)23(13-47)32(48)59-30)28(43)29(22)50-35(51-33)58-17-38-8-4-10-54(38)14-20(41)12-38/h5-6,11,18-20,31H,3-4,7-10,12,14-17,48H2,1-2H3/t20-,31-,37-,38+/m1/s1. The lowest BCUT2D eigenvalue weighted by molar-refractivity contribution is -0.144. The van der Waals surface area contributed by atoms with Gasteiger partial charge in [-0.05, 0) is 55.8 Å². The van der Waals surface area contributed by atoms with Crippen molar-refractivity contribution in [1.82, 2.24) is 34.5 Å². The van der Waals surface area contributed by atoms with Crippen molar-refractivity contribution < 1.29 is 35.9 Å². The molecule has 2 aromatic carbocycles. The van der Waals surface area contributed by atoms with Gasteiger partial charge in [0.05, 0.1) is 20.8 Å². The number of nitrogen functional groups attached to an aromatic ring is 1. The molecule has 1 spiro atoms. The van der Waals surface area contributed by atoms with Crippen LogP contribution in [0.15, 0.2) is 24.5 Å². The van der Waals surface area contributed by atoms with E-state index in [1.165, 1.54) is 17.0 Å². The number of piperidine rings is 1. The molecule has 59 heavy (non-hydrogen) atoms. The molecule has 12 nitrogen and oxygen atoms in total. The monoisotopic (exact) mass is 858 g/mol. The largest absolute Gasteiger partial charge is 0.461 e. The molecule has 4 fully saturated rings. The molecule has 0 aliphatic carbocycles. The summed E-state index contributed by atoms with van der Waals surface area (Å²) in [6, 6.07) is 4.73. The molecular formula is C39H37ClF6N10O2S. The van der Waals surface area contributed by atoms with Crippen LogP contribution < -0.4 is 15.4 Å². The fourth-order valence-electron chi connectivity index (χ4n) is 10.2. The second-order valence-corrected chi connectivity index (χ2v) is 17.8. The number of nitrogens with two attached hydrogens (primary N) is 1. The molecule has 4 atom stereocenters. The quantitative estimate of drug-likeness (QED) is 0.167. The first-order chi connectivity index (χ1) is 28.0. The average molecular weight is 859 g/mol. The van der Waals surface area contributed by atoms with Crippen LogP contribution >= 0.6 is 22.9 Å². The van der Waals surface area contributed by atoms with E-state index in [1.807, 2.05) is 24.8 Å². The molecule has 0 bridgehead atoms. The van der Waals surface area contributed by atoms with E-state index in [2.05, 4.69) is 20.0 Å². The lowest BCUT2D eigenvalue weighted by Crippen LogP contribution is -2.73. The van der Waals surface area contributed by atoms with Crippen LogP contribution in [0.2, 0.25) is 5.02 Å². The summed E-state index contributed by atoms with van der Waals surface area (Å²) in [5.74, 6) is -2.74. The first-order valence-corrected chi connectivity index (χ1v) is 20.4. The van der Waals surface area contributed by atoms with Crippen LogP contribution in [0.3, 0.4) is 0 Å². The molecule has 0 radical (unpaired) electrons. The number of carbonyl (C=O) groups excluding carboxylic acids is 1. The Morgan fingerprint density at radius 2 is 1.95 bits per heavy atom. The number of alkyl halides is 4. The molecule has 5 aromatic rings. The van der Waals surface area contributed by atoms with Gasteiger partial charge in [-0.15, -0.1) is 16.4 Å². The van der Waals surface area contributed by atoms with E-state index in [-0.39, 0.29) is 79.2 Å². The minimum Gasteiger partial charge on any atom is -0.461 e. The second-order valence-electron chi connectivity index (χ2n) is 16.4. The molecule has 0 unspecified atom stereocenters. The summed E-state index contributed by atoms with van der Waals surface area (Å²) in [6.45, 7) is 5.93. The van der Waals surface area contributed by atoms with Gasteiger partial charge in [0.2, 0.25) is 0 Å². The van der Waals surface area contributed by atoms with Crippen molar-refractivity contribution in [3.8, 4) is 23.2 Å². The first kappa shape index (κ1) is 39.5. The van der Waals surface area contributed by atoms with E-state index in [9.17, 15) is 27.6 Å². The van der Waals surface area contributed by atoms with Gasteiger partial charge in [0.15, 0.2) is 5.82 Å². The molecule has 9 rings (SSSR count). The van der Waals surface area contributed by atoms with Crippen LogP contribution in [0.5, 0.6) is 6.01 Å². The van der Waals surface area contributed by atoms with Crippen molar-refractivity contribution in [1.29, 1.82) is 5.26 Å². The van der Waals surface area contributed by atoms with Crippen molar-refractivity contribution in [2.45, 2.75) is 69.9 Å². The summed E-state index contributed by atoms with van der Waals surface area (Å²) in [5, 5.41) is 13.7. The lowest BCUT2D eigenvalue weighted by Gasteiger charge is -2.62. The van der Waals surface area contributed by atoms with Gasteiger partial charge in [0, 0.05) is 60.4 Å². The Morgan fingerprint density at radius 3 is 2.68 bits per heavy atom. The number of amides is 1. The third-order valence-corrected chi connectivity index (χ3v) is 13.8. The predicted molar refractivity (Wildman–Crippen MR) is 208 cm³/mol. The number of anilines is 2. The third kappa shape index (κ3) is 6.31. The fraction of sp³-hybridized carbons (Fsp3) is 0.487. The number of benzene rings is 2. The number of likely N-dealkylation sites (tertiary alicyclic amines) is 1. The van der Waals surface area contributed by atoms with Crippen LogP contribution in [0.25, 0.3) is 32.1 Å². The summed E-state index contributed by atoms with van der Waals surface area (Å²) >= 11 is 7.81. The second kappa shape index (κ2) is 14.1. The minimum atomic E-state index is -4.82. The van der Waals surface area contributed by atoms with Crippen LogP contribution in [0.1, 0.15) is 57.3 Å². The highest BCUT2D eigenvalue weighted by molar-refractivity contribution is 7.23. The molecule has 4 aliphatic heterocycles. The maximum atomic E-state index is 17.4. The zero-order chi connectivity index (χ0) is 41.8. The predicted octanol–water partition coefficient (Wildman–Crippen LogP) is 8.06. The highest BCUT2D eigenvalue weighted by Gasteiger charge is 2.58. The molecule has 4 saturated heterocycles. The molecule has 310 valence electrons. The van der Waals surface area contributed by atoms with E-state index >= 15 is 8.78 Å². The van der Waals surface area contributed by atoms with Gasteiger partial charge < -0.3 is 20.3 Å². The number of thiophene rings is 1. The number of aromatic nitrogens is 5. The molecule has 1 amide bonds. The molecule has 7 heterocycles. The summed E-state index contributed by atoms with van der Waals surface area (Å²) < 4.78 is 94.0. The van der Waals surface area contributed by atoms with E-state index in [0.29, 0.717) is 49.4 Å². The Kier molecular flexibility index (Phi) is 9.44. The lowest BCUT2D eigenvalue weighted by atomic mass is 9.63. The van der Waals surface area contributed by atoms with E-state index in [1.54, 1.807) is 0 Å². The topological polar surface area (TPSA) is 142 Å². The zero-order valence-corrected chi connectivity index (χ0v) is 33.4. The normalized spacial score (nSPS) is 24.7. The van der Waals surface area contributed by atoms with Gasteiger partial charge in [0.25, 0.3) is 5.82 Å². The maximum Gasteiger partial charge on any atom is 0.453 e. The summed E-state index contributed by atoms with van der Waals surface area (Å²) in [6.07, 6.45) is -1.91. The highest BCUT2D eigenvalue weighted by Crippen LogP contribution is 2.51. The summed E-state index contributed by atoms with van der Waals surface area (Å²) in [5.41, 5.74) is 4.84. The molecule has 4 aliphatic rings. The van der Waals surface area contributed by atoms with Gasteiger partial charge in [-0.2, -0.15) is 33.1 Å². The van der Waals surface area contributed by atoms with E-state index in [4.69, 9.17) is 27.1 Å². The van der Waals surface area contributed by atoms with Gasteiger partial charge in [-0.1, -0.05) is 31.5 Å². The number of hydrogen-bond acceptors (Lipinski definition) is 11. The van der Waals surface area contributed by atoms with Gasteiger partial charge in [-0.3, -0.25) is 4.90 Å². The van der Waals surface area contributed by atoms with Gasteiger partial charge in [-0.25, -0.2) is 22.9 Å². The van der Waals surface area contributed by atoms with Crippen molar-refractivity contribution >= 4 is 60.8 Å². The number of halogens is 7. The first-order valence-electron chi connectivity index (χ1n) is 19.2. The minimum absolute atomic E-state index is 0.0125. The van der Waals surface area contributed by atoms with Crippen molar-refractivity contribution in [3.05, 3.63) is 52.6 Å². The maximum absolute atomic E-state index is 17.4. The van der Waals surface area contributed by atoms with Crippen LogP contribution in [-0.4, -0.2) is 97.6 Å². The SMILES string of the molecule is CC(C)[C@H]1N(C(=O)n2cnc(C(F)(F)F)n2)C[C@]12CCCN(c1nc(OC[C@@]34CCCN3C[C@H](F)C4)nc3c(F)c(-c4ccc(F)c5sc(N)c(C#N)c45)c(Cl)cc13)C2. The molecule has 20 heteroatoms. The number of ether oxygens (including phenoxy) is 1. The Labute approximate surface area is 342 Å². The van der Waals surface area contributed by atoms with Gasteiger partial charge in [0.1, 0.15) is 47.3 Å². The molecule has 3 aromatic heterocycles. The van der Waals surface area contributed by atoms with E-state index < -0.39 is 52.8 Å². The average Bonchev–Trinajstić information content (AvgIpc) is 3.96. The number of nitriles is 1. The van der Waals surface area contributed by atoms with Crippen LogP contribution in [0, 0.1) is 34.3 Å². The number of nitrogens with zero attached hydrogens (tertiary/aromatic N) is 9.